The van der Waals surface area contributed by atoms with Gasteiger partial charge >= 0.3 is 0 Å². The lowest BCUT2D eigenvalue weighted by Gasteiger charge is -2.24. The molecule has 0 radical (unpaired) electrons. The number of nitrogens with zero attached hydrogens (tertiary/aromatic N) is 1. The lowest BCUT2D eigenvalue weighted by atomic mass is 9.99. The summed E-state index contributed by atoms with van der Waals surface area (Å²) < 4.78 is 15.9. The van der Waals surface area contributed by atoms with E-state index in [0.717, 1.165) is 10.4 Å². The van der Waals surface area contributed by atoms with E-state index in [2.05, 4.69) is 0 Å². The van der Waals surface area contributed by atoms with Crippen molar-refractivity contribution in [3.05, 3.63) is 80.5 Å². The molecule has 7 nitrogen and oxygen atoms in total. The van der Waals surface area contributed by atoms with Crippen LogP contribution in [0.3, 0.4) is 0 Å². The molecule has 1 aromatic heterocycles. The van der Waals surface area contributed by atoms with E-state index in [1.165, 1.54) is 42.6 Å². The van der Waals surface area contributed by atoms with E-state index in [9.17, 15) is 14.7 Å². The number of rotatable bonds is 7. The summed E-state index contributed by atoms with van der Waals surface area (Å²) in [5.74, 6) is -0.620. The average Bonchev–Trinajstić information content (AvgIpc) is 3.46. The van der Waals surface area contributed by atoms with Gasteiger partial charge in [0.05, 0.1) is 43.5 Å². The van der Waals surface area contributed by atoms with Crippen LogP contribution in [0.1, 0.15) is 22.0 Å². The second-order valence-electron chi connectivity index (χ2n) is 7.48. The Hall–Kier alpha value is -3.49. The zero-order chi connectivity index (χ0) is 24.4. The molecule has 9 heteroatoms. The Morgan fingerprint density at radius 2 is 1.79 bits per heavy atom. The zero-order valence-corrected chi connectivity index (χ0v) is 20.3. The van der Waals surface area contributed by atoms with Gasteiger partial charge < -0.3 is 24.2 Å². The van der Waals surface area contributed by atoms with Crippen LogP contribution in [0, 0.1) is 0 Å². The van der Waals surface area contributed by atoms with Crippen LogP contribution >= 0.6 is 22.9 Å². The van der Waals surface area contributed by atoms with Gasteiger partial charge in [0.25, 0.3) is 11.7 Å². The van der Waals surface area contributed by atoms with Crippen molar-refractivity contribution in [2.75, 3.05) is 21.3 Å². The lowest BCUT2D eigenvalue weighted by molar-refractivity contribution is -0.140. The van der Waals surface area contributed by atoms with E-state index in [1.54, 1.807) is 19.2 Å². The monoisotopic (exact) mass is 499 g/mol. The standard InChI is InChI=1S/C25H22ClNO6S/c1-31-15-7-4-6-14(10-15)13-27-22(20-8-5-9-34-20)21(24(29)25(27)30)23(28)16-11-17(26)19(33-3)12-18(16)32-2/h4-12,22,28H,13H2,1-3H3/b23-21-. The molecule has 2 heterocycles. The smallest absolute Gasteiger partial charge is 0.295 e. The second kappa shape index (κ2) is 9.79. The number of hydrogen-bond donors (Lipinski definition) is 1. The number of aliphatic hydroxyl groups excluding tert-OH is 1. The van der Waals surface area contributed by atoms with Crippen molar-refractivity contribution in [1.29, 1.82) is 0 Å². The molecule has 2 aromatic carbocycles. The summed E-state index contributed by atoms with van der Waals surface area (Å²) >= 11 is 7.68. The first-order valence-electron chi connectivity index (χ1n) is 10.3. The van der Waals surface area contributed by atoms with Crippen LogP contribution in [0.2, 0.25) is 5.02 Å². The highest BCUT2D eigenvalue weighted by Crippen LogP contribution is 2.44. The van der Waals surface area contributed by atoms with Crippen LogP contribution in [0.25, 0.3) is 5.76 Å². The predicted octanol–water partition coefficient (Wildman–Crippen LogP) is 5.05. The molecule has 1 atom stereocenters. The van der Waals surface area contributed by atoms with Gasteiger partial charge in [0.2, 0.25) is 0 Å². The number of methoxy groups -OCH3 is 3. The van der Waals surface area contributed by atoms with E-state index in [1.807, 2.05) is 29.6 Å². The molecular weight excluding hydrogens is 478 g/mol. The fourth-order valence-electron chi connectivity index (χ4n) is 3.94. The van der Waals surface area contributed by atoms with Crippen molar-refractivity contribution in [1.82, 2.24) is 4.90 Å². The van der Waals surface area contributed by atoms with Crippen molar-refractivity contribution < 1.29 is 28.9 Å². The van der Waals surface area contributed by atoms with Crippen molar-refractivity contribution in [3.8, 4) is 17.2 Å². The Bertz CT molecular complexity index is 1270. The number of carbonyl (C=O) groups excluding carboxylic acids is 2. The molecule has 0 aliphatic carbocycles. The van der Waals surface area contributed by atoms with Gasteiger partial charge in [0.1, 0.15) is 23.0 Å². The maximum absolute atomic E-state index is 13.2. The van der Waals surface area contributed by atoms with Gasteiger partial charge in [0, 0.05) is 17.5 Å². The highest BCUT2D eigenvalue weighted by Gasteiger charge is 2.46. The zero-order valence-electron chi connectivity index (χ0n) is 18.7. The van der Waals surface area contributed by atoms with Gasteiger partial charge in [-0.15, -0.1) is 11.3 Å². The van der Waals surface area contributed by atoms with E-state index in [-0.39, 0.29) is 34.2 Å². The Morgan fingerprint density at radius 1 is 1.03 bits per heavy atom. The SMILES string of the molecule is COc1cccc(CN2C(=O)C(=O)/C(=C(\O)c3cc(Cl)c(OC)cc3OC)C2c2cccs2)c1. The summed E-state index contributed by atoms with van der Waals surface area (Å²) in [4.78, 5) is 28.6. The van der Waals surface area contributed by atoms with Crippen LogP contribution in [-0.2, 0) is 16.1 Å². The van der Waals surface area contributed by atoms with E-state index >= 15 is 0 Å². The number of ketones is 1. The minimum absolute atomic E-state index is 0.0325. The predicted molar refractivity (Wildman–Crippen MR) is 130 cm³/mol. The molecule has 3 aromatic rings. The Kier molecular flexibility index (Phi) is 6.81. The molecule has 0 saturated carbocycles. The molecule has 1 aliphatic heterocycles. The Morgan fingerprint density at radius 3 is 2.44 bits per heavy atom. The number of halogens is 1. The van der Waals surface area contributed by atoms with E-state index < -0.39 is 17.7 Å². The molecule has 0 bridgehead atoms. The number of Topliss-reactive ketones (excluding diaryl/α,β-unsaturated/α-hetero) is 1. The molecule has 1 unspecified atom stereocenters. The van der Waals surface area contributed by atoms with Gasteiger partial charge in [-0.3, -0.25) is 9.59 Å². The van der Waals surface area contributed by atoms with Crippen LogP contribution in [0.4, 0.5) is 0 Å². The van der Waals surface area contributed by atoms with Crippen molar-refractivity contribution in [3.63, 3.8) is 0 Å². The third-order valence-corrected chi connectivity index (χ3v) is 6.79. The number of hydrogen-bond acceptors (Lipinski definition) is 7. The normalized spacial score (nSPS) is 17.2. The fourth-order valence-corrected chi connectivity index (χ4v) is 5.03. The Balaban J connectivity index is 1.86. The number of ether oxygens (including phenoxy) is 3. The molecule has 176 valence electrons. The largest absolute Gasteiger partial charge is 0.507 e. The summed E-state index contributed by atoms with van der Waals surface area (Å²) in [7, 11) is 4.45. The third-order valence-electron chi connectivity index (χ3n) is 5.57. The highest BCUT2D eigenvalue weighted by molar-refractivity contribution is 7.10. The van der Waals surface area contributed by atoms with E-state index in [0.29, 0.717) is 11.5 Å². The third kappa shape index (κ3) is 4.22. The molecular formula is C25H22ClNO6S. The summed E-state index contributed by atoms with van der Waals surface area (Å²) in [6.45, 7) is 0.154. The number of benzene rings is 2. The molecule has 1 aliphatic rings. The van der Waals surface area contributed by atoms with Crippen molar-refractivity contribution in [2.24, 2.45) is 0 Å². The van der Waals surface area contributed by atoms with Gasteiger partial charge in [-0.05, 0) is 35.2 Å². The van der Waals surface area contributed by atoms with Crippen molar-refractivity contribution in [2.45, 2.75) is 12.6 Å². The average molecular weight is 500 g/mol. The van der Waals surface area contributed by atoms with Gasteiger partial charge in [-0.25, -0.2) is 0 Å². The minimum Gasteiger partial charge on any atom is -0.507 e. The van der Waals surface area contributed by atoms with Crippen LogP contribution in [0.5, 0.6) is 17.2 Å². The number of carbonyl (C=O) groups is 2. The molecule has 0 spiro atoms. The summed E-state index contributed by atoms with van der Waals surface area (Å²) in [6, 6.07) is 13.1. The van der Waals surface area contributed by atoms with Crippen LogP contribution in [0.15, 0.2) is 59.5 Å². The molecule has 1 N–H and O–H groups in total. The maximum Gasteiger partial charge on any atom is 0.295 e. The first kappa shape index (κ1) is 23.7. The lowest BCUT2D eigenvalue weighted by Crippen LogP contribution is -2.28. The number of likely N-dealkylation sites (tertiary alicyclic amines) is 1. The highest BCUT2D eigenvalue weighted by atomic mass is 35.5. The van der Waals surface area contributed by atoms with Crippen LogP contribution < -0.4 is 14.2 Å². The summed E-state index contributed by atoms with van der Waals surface area (Å²) in [6.07, 6.45) is 0. The number of aliphatic hydroxyl groups is 1. The maximum atomic E-state index is 13.2. The summed E-state index contributed by atoms with van der Waals surface area (Å²) in [5, 5.41) is 13.4. The van der Waals surface area contributed by atoms with Gasteiger partial charge in [-0.1, -0.05) is 29.8 Å². The quantitative estimate of drug-likeness (QED) is 0.278. The van der Waals surface area contributed by atoms with Crippen molar-refractivity contribution >= 4 is 40.4 Å². The first-order chi connectivity index (χ1) is 16.4. The molecule has 4 rings (SSSR count). The van der Waals surface area contributed by atoms with Gasteiger partial charge in [-0.2, -0.15) is 0 Å². The summed E-state index contributed by atoms with van der Waals surface area (Å²) in [5.41, 5.74) is 0.942. The first-order valence-corrected chi connectivity index (χ1v) is 11.5. The van der Waals surface area contributed by atoms with E-state index in [4.69, 9.17) is 25.8 Å². The fraction of sp³-hybridized carbons (Fsp3) is 0.200. The Labute approximate surface area is 205 Å². The topological polar surface area (TPSA) is 85.3 Å². The number of thiophene rings is 1. The molecule has 34 heavy (non-hydrogen) atoms. The number of amides is 1. The molecule has 1 fully saturated rings. The minimum atomic E-state index is -0.784. The molecule has 1 saturated heterocycles. The van der Waals surface area contributed by atoms with Crippen LogP contribution in [-0.4, -0.2) is 43.0 Å². The molecule has 1 amide bonds. The second-order valence-corrected chi connectivity index (χ2v) is 8.87. The van der Waals surface area contributed by atoms with Gasteiger partial charge in [0.15, 0.2) is 0 Å².